The van der Waals surface area contributed by atoms with Gasteiger partial charge >= 0.3 is 0 Å². The first kappa shape index (κ1) is 19.6. The molecule has 2 atom stereocenters. The van der Waals surface area contributed by atoms with Gasteiger partial charge in [-0.1, -0.05) is 19.4 Å². The molecule has 1 saturated heterocycles. The zero-order valence-corrected chi connectivity index (χ0v) is 16.8. The van der Waals surface area contributed by atoms with Crippen molar-refractivity contribution in [3.05, 3.63) is 36.0 Å². The van der Waals surface area contributed by atoms with Crippen LogP contribution in [0.25, 0.3) is 10.9 Å². The average molecular weight is 370 g/mol. The number of ether oxygens (including phenoxy) is 1. The van der Waals surface area contributed by atoms with Crippen LogP contribution in [0.15, 0.2) is 30.5 Å². The summed E-state index contributed by atoms with van der Waals surface area (Å²) in [4.78, 5) is 16.5. The van der Waals surface area contributed by atoms with Gasteiger partial charge in [0.15, 0.2) is 6.10 Å². The number of aryl methyl sites for hydroxylation is 1. The van der Waals surface area contributed by atoms with Crippen molar-refractivity contribution in [3.8, 4) is 5.75 Å². The first-order valence-electron chi connectivity index (χ1n) is 9.90. The number of aromatic nitrogens is 1. The van der Waals surface area contributed by atoms with Crippen LogP contribution in [-0.4, -0.2) is 40.3 Å². The lowest BCUT2D eigenvalue weighted by molar-refractivity contribution is -0.909. The summed E-state index contributed by atoms with van der Waals surface area (Å²) in [5.74, 6) is 0.761. The van der Waals surface area contributed by atoms with Crippen molar-refractivity contribution in [2.24, 2.45) is 0 Å². The molecular weight excluding hydrogens is 340 g/mol. The fourth-order valence-corrected chi connectivity index (χ4v) is 4.05. The van der Waals surface area contributed by atoms with E-state index >= 15 is 0 Å². The van der Waals surface area contributed by atoms with E-state index in [1.165, 1.54) is 5.56 Å². The number of unbranched alkanes of at least 4 members (excludes halogenated alkanes) is 1. The molecule has 5 heteroatoms. The van der Waals surface area contributed by atoms with Crippen LogP contribution in [0.3, 0.4) is 0 Å². The van der Waals surface area contributed by atoms with E-state index in [-0.39, 0.29) is 10.6 Å². The van der Waals surface area contributed by atoms with Crippen LogP contribution in [-0.2, 0) is 6.42 Å². The number of hydrogen-bond acceptors (Lipinski definition) is 4. The first-order valence-corrected chi connectivity index (χ1v) is 9.90. The Morgan fingerprint density at radius 2 is 2.15 bits per heavy atom. The quantitative estimate of drug-likeness (QED) is 0.753. The predicted octanol–water partition coefficient (Wildman–Crippen LogP) is 3.69. The maximum Gasteiger partial charge on any atom is 0.257 e. The number of pyridine rings is 1. The van der Waals surface area contributed by atoms with E-state index in [2.05, 4.69) is 30.1 Å². The molecule has 146 valence electrons. The van der Waals surface area contributed by atoms with Gasteiger partial charge in [-0.05, 0) is 57.4 Å². The van der Waals surface area contributed by atoms with E-state index in [4.69, 9.17) is 4.74 Å². The highest BCUT2D eigenvalue weighted by Crippen LogP contribution is 2.34. The summed E-state index contributed by atoms with van der Waals surface area (Å²) in [7, 11) is 0. The van der Waals surface area contributed by atoms with Crippen LogP contribution in [0, 0.1) is 0 Å². The van der Waals surface area contributed by atoms with Crippen LogP contribution >= 0.6 is 0 Å². The molecule has 1 aromatic heterocycles. The molecule has 2 heterocycles. The number of rotatable bonds is 5. The number of carbonyl (C=O) groups is 1. The number of likely N-dealkylation sites (tertiary alicyclic amines) is 1. The molecule has 0 bridgehead atoms. The lowest BCUT2D eigenvalue weighted by Gasteiger charge is -2.44. The third-order valence-corrected chi connectivity index (χ3v) is 5.82. The number of carboxylic acid groups (broad SMARTS) is 1. The third kappa shape index (κ3) is 3.79. The molecule has 0 N–H and O–H groups in total. The number of fused-ring (bicyclic) bond motifs is 1. The number of quaternary nitrogens is 1. The zero-order valence-electron chi connectivity index (χ0n) is 16.8. The van der Waals surface area contributed by atoms with Gasteiger partial charge in [0.1, 0.15) is 17.8 Å². The topological polar surface area (TPSA) is 62.2 Å². The molecule has 0 saturated carbocycles. The molecule has 2 aromatic rings. The zero-order chi connectivity index (χ0) is 19.7. The van der Waals surface area contributed by atoms with Crippen molar-refractivity contribution >= 4 is 17.0 Å². The van der Waals surface area contributed by atoms with Gasteiger partial charge in [0.25, 0.3) is 6.09 Å². The molecule has 1 fully saturated rings. The van der Waals surface area contributed by atoms with Crippen molar-refractivity contribution in [1.29, 1.82) is 0 Å². The summed E-state index contributed by atoms with van der Waals surface area (Å²) in [6.45, 7) is 8.98. The Bertz CT molecular complexity index is 828. The van der Waals surface area contributed by atoms with Gasteiger partial charge in [0, 0.05) is 18.0 Å². The fraction of sp³-hybridized carbons (Fsp3) is 0.545. The van der Waals surface area contributed by atoms with Gasteiger partial charge in [0.05, 0.1) is 12.1 Å². The normalized spacial score (nSPS) is 22.9. The summed E-state index contributed by atoms with van der Waals surface area (Å²) >= 11 is 0. The minimum Gasteiger partial charge on any atom is -0.498 e. The highest BCUT2D eigenvalue weighted by Gasteiger charge is 2.49. The molecule has 27 heavy (non-hydrogen) atoms. The summed E-state index contributed by atoms with van der Waals surface area (Å²) in [5.41, 5.74) is 1.65. The maximum absolute atomic E-state index is 11.9. The van der Waals surface area contributed by atoms with Gasteiger partial charge in [-0.3, -0.25) is 9.47 Å². The van der Waals surface area contributed by atoms with Gasteiger partial charge in [0.2, 0.25) is 0 Å². The molecule has 1 unspecified atom stereocenters. The standard InChI is InChI=1S/C22H30N2O3/c1-5-6-8-16-13-17-9-7-11-23-20(17)19(14-16)27-18-10-12-24(15-18,21(25)26)22(2,3)4/h7,9,11,13-14,18H,5-6,8,10,12,15H2,1-4H3/t18-,24?/m0/s1. The Hall–Kier alpha value is -2.14. The van der Waals surface area contributed by atoms with Crippen molar-refractivity contribution in [2.75, 3.05) is 13.1 Å². The molecule has 0 spiro atoms. The summed E-state index contributed by atoms with van der Waals surface area (Å²) in [5, 5.41) is 13.0. The third-order valence-electron chi connectivity index (χ3n) is 5.82. The van der Waals surface area contributed by atoms with E-state index in [9.17, 15) is 9.90 Å². The summed E-state index contributed by atoms with van der Waals surface area (Å²) < 4.78 is 6.27. The molecule has 0 aliphatic carbocycles. The van der Waals surface area contributed by atoms with Crippen LogP contribution in [0.1, 0.15) is 52.5 Å². The SMILES string of the molecule is CCCCc1cc(O[C@H]2CC[N+](C(=O)[O-])(C(C)(C)C)C2)c2ncccc2c1. The lowest BCUT2D eigenvalue weighted by atomic mass is 10.0. The van der Waals surface area contributed by atoms with Crippen LogP contribution in [0.4, 0.5) is 4.79 Å². The molecule has 0 radical (unpaired) electrons. The minimum atomic E-state index is -1.02. The second-order valence-electron chi connectivity index (χ2n) is 8.61. The number of carbonyl (C=O) groups excluding carboxylic acids is 1. The second kappa shape index (κ2) is 7.47. The number of amides is 1. The Labute approximate surface area is 161 Å². The molecule has 1 aliphatic heterocycles. The Morgan fingerprint density at radius 1 is 1.37 bits per heavy atom. The molecular formula is C22H30N2O3. The summed E-state index contributed by atoms with van der Waals surface area (Å²) in [6.07, 6.45) is 4.56. The number of benzene rings is 1. The molecule has 1 aliphatic rings. The highest BCUT2D eigenvalue weighted by atomic mass is 16.5. The Morgan fingerprint density at radius 3 is 2.78 bits per heavy atom. The monoisotopic (exact) mass is 370 g/mol. The van der Waals surface area contributed by atoms with Crippen molar-refractivity contribution in [1.82, 2.24) is 4.98 Å². The molecule has 1 aromatic carbocycles. The van der Waals surface area contributed by atoms with Crippen molar-refractivity contribution < 1.29 is 19.1 Å². The van der Waals surface area contributed by atoms with Crippen molar-refractivity contribution in [3.63, 3.8) is 0 Å². The van der Waals surface area contributed by atoms with Gasteiger partial charge < -0.3 is 14.6 Å². The molecule has 1 amide bonds. The first-order chi connectivity index (χ1) is 12.8. The lowest BCUT2D eigenvalue weighted by Crippen LogP contribution is -2.66. The predicted molar refractivity (Wildman–Crippen MR) is 105 cm³/mol. The largest absolute Gasteiger partial charge is 0.498 e. The van der Waals surface area contributed by atoms with Crippen LogP contribution < -0.4 is 9.84 Å². The minimum absolute atomic E-state index is 0.0709. The molecule has 5 nitrogen and oxygen atoms in total. The van der Waals surface area contributed by atoms with Gasteiger partial charge in [-0.15, -0.1) is 0 Å². The van der Waals surface area contributed by atoms with Gasteiger partial charge in [-0.25, -0.2) is 0 Å². The maximum atomic E-state index is 11.9. The van der Waals surface area contributed by atoms with E-state index in [0.717, 1.165) is 35.9 Å². The molecule has 3 rings (SSSR count). The van der Waals surface area contributed by atoms with Crippen LogP contribution in [0.2, 0.25) is 0 Å². The fourth-order valence-electron chi connectivity index (χ4n) is 4.05. The van der Waals surface area contributed by atoms with E-state index < -0.39 is 11.6 Å². The summed E-state index contributed by atoms with van der Waals surface area (Å²) in [6, 6.07) is 8.24. The smallest absolute Gasteiger partial charge is 0.257 e. The number of hydrogen-bond donors (Lipinski definition) is 0. The average Bonchev–Trinajstić information content (AvgIpc) is 3.05. The second-order valence-corrected chi connectivity index (χ2v) is 8.61. The Kier molecular flexibility index (Phi) is 5.43. The number of nitrogens with zero attached hydrogens (tertiary/aromatic N) is 2. The highest BCUT2D eigenvalue weighted by molar-refractivity contribution is 5.85. The van der Waals surface area contributed by atoms with E-state index in [1.807, 2.05) is 26.8 Å². The van der Waals surface area contributed by atoms with Gasteiger partial charge in [-0.2, -0.15) is 0 Å². The van der Waals surface area contributed by atoms with Crippen LogP contribution in [0.5, 0.6) is 5.75 Å². The Balaban J connectivity index is 1.89. The van der Waals surface area contributed by atoms with E-state index in [1.54, 1.807) is 6.20 Å². The van der Waals surface area contributed by atoms with E-state index in [0.29, 0.717) is 19.5 Å². The van der Waals surface area contributed by atoms with Crippen molar-refractivity contribution in [2.45, 2.75) is 65.0 Å².